The SMILES string of the molecule is [C-]#[N+]C[C@H]1CN(c2nc(OCC34CCCN3C(CF)CC4)nc3c(F)c(-c4cccc5ccc(F)c(Cl)c45)ncc23)CCN1C(=O)OC(C)(C)C. The second kappa shape index (κ2) is 13.6. The Balaban J connectivity index is 1.31. The molecule has 5 heterocycles. The maximum Gasteiger partial charge on any atom is 0.410 e. The van der Waals surface area contributed by atoms with Gasteiger partial charge < -0.3 is 19.2 Å². The van der Waals surface area contributed by atoms with Crippen LogP contribution in [-0.4, -0.2) is 100 Å². The normalized spacial score (nSPS) is 22.4. The Bertz CT molecular complexity index is 2040. The molecule has 3 atom stereocenters. The van der Waals surface area contributed by atoms with Crippen LogP contribution < -0.4 is 9.64 Å². The van der Waals surface area contributed by atoms with Gasteiger partial charge in [-0.15, -0.1) is 0 Å². The maximum atomic E-state index is 16.9. The number of alkyl halides is 1. The van der Waals surface area contributed by atoms with Crippen molar-refractivity contribution in [2.45, 2.75) is 69.7 Å². The van der Waals surface area contributed by atoms with E-state index in [0.29, 0.717) is 34.1 Å². The van der Waals surface area contributed by atoms with Gasteiger partial charge >= 0.3 is 12.1 Å². The fourth-order valence-corrected chi connectivity index (χ4v) is 8.14. The zero-order chi connectivity index (χ0) is 36.1. The summed E-state index contributed by atoms with van der Waals surface area (Å²) < 4.78 is 57.4. The summed E-state index contributed by atoms with van der Waals surface area (Å²) in [5.74, 6) is -1.07. The van der Waals surface area contributed by atoms with Gasteiger partial charge in [0.25, 0.3) is 0 Å². The second-order valence-electron chi connectivity index (χ2n) is 14.5. The molecular formula is C37H39ClF3N7O3. The smallest absolute Gasteiger partial charge is 0.410 e. The van der Waals surface area contributed by atoms with Crippen molar-refractivity contribution in [3.05, 3.63) is 64.6 Å². The van der Waals surface area contributed by atoms with Gasteiger partial charge in [-0.3, -0.25) is 14.8 Å². The summed E-state index contributed by atoms with van der Waals surface area (Å²) in [6.07, 6.45) is 4.23. The largest absolute Gasteiger partial charge is 0.461 e. The Kier molecular flexibility index (Phi) is 9.35. The molecule has 0 bridgehead atoms. The third-order valence-corrected chi connectivity index (χ3v) is 10.6. The van der Waals surface area contributed by atoms with Crippen LogP contribution in [-0.2, 0) is 4.74 Å². The quantitative estimate of drug-likeness (QED) is 0.182. The number of halogens is 4. The lowest BCUT2D eigenvalue weighted by atomic mass is 9.95. The molecule has 14 heteroatoms. The van der Waals surface area contributed by atoms with Gasteiger partial charge in [0.15, 0.2) is 5.82 Å². The van der Waals surface area contributed by atoms with E-state index in [4.69, 9.17) is 32.6 Å². The first-order chi connectivity index (χ1) is 24.4. The Hall–Kier alpha value is -4.41. The molecule has 3 aliphatic heterocycles. The van der Waals surface area contributed by atoms with Crippen molar-refractivity contribution in [2.24, 2.45) is 0 Å². The molecule has 2 aromatic carbocycles. The van der Waals surface area contributed by atoms with Crippen LogP contribution in [0.3, 0.4) is 0 Å². The predicted octanol–water partition coefficient (Wildman–Crippen LogP) is 7.47. The molecular weight excluding hydrogens is 683 g/mol. The fourth-order valence-electron chi connectivity index (χ4n) is 7.87. The molecule has 3 fully saturated rings. The zero-order valence-corrected chi connectivity index (χ0v) is 29.5. The molecule has 1 amide bonds. The first-order valence-corrected chi connectivity index (χ1v) is 17.6. The van der Waals surface area contributed by atoms with Gasteiger partial charge in [-0.05, 0) is 64.5 Å². The van der Waals surface area contributed by atoms with Gasteiger partial charge in [-0.25, -0.2) is 24.5 Å². The number of rotatable bonds is 7. The van der Waals surface area contributed by atoms with Crippen molar-refractivity contribution >= 4 is 45.2 Å². The van der Waals surface area contributed by atoms with Gasteiger partial charge in [-0.1, -0.05) is 35.9 Å². The van der Waals surface area contributed by atoms with Gasteiger partial charge in [0, 0.05) is 42.8 Å². The summed E-state index contributed by atoms with van der Waals surface area (Å²) >= 11 is 6.42. The number of anilines is 1. The van der Waals surface area contributed by atoms with Crippen LogP contribution in [0.1, 0.15) is 46.5 Å². The number of ether oxygens (including phenoxy) is 2. The number of nitrogens with zero attached hydrogens (tertiary/aromatic N) is 7. The number of fused-ring (bicyclic) bond motifs is 3. The lowest BCUT2D eigenvalue weighted by molar-refractivity contribution is 0.0155. The van der Waals surface area contributed by atoms with E-state index in [2.05, 4.69) is 19.7 Å². The van der Waals surface area contributed by atoms with E-state index in [1.807, 2.05) is 4.90 Å². The van der Waals surface area contributed by atoms with Crippen LogP contribution in [0.2, 0.25) is 5.02 Å². The minimum absolute atomic E-state index is 0.0192. The predicted molar refractivity (Wildman–Crippen MR) is 189 cm³/mol. The molecule has 2 aromatic heterocycles. The Morgan fingerprint density at radius 1 is 1.12 bits per heavy atom. The molecule has 0 radical (unpaired) electrons. The number of carbonyl (C=O) groups excluding carboxylic acids is 1. The highest BCUT2D eigenvalue weighted by molar-refractivity contribution is 6.36. The third-order valence-electron chi connectivity index (χ3n) is 10.2. The van der Waals surface area contributed by atoms with E-state index >= 15 is 4.39 Å². The maximum absolute atomic E-state index is 16.9. The minimum Gasteiger partial charge on any atom is -0.461 e. The average molecular weight is 722 g/mol. The Morgan fingerprint density at radius 3 is 2.71 bits per heavy atom. The van der Waals surface area contributed by atoms with E-state index in [9.17, 15) is 13.6 Å². The highest BCUT2D eigenvalue weighted by atomic mass is 35.5. The lowest BCUT2D eigenvalue weighted by Crippen LogP contribution is -2.57. The number of amides is 1. The monoisotopic (exact) mass is 721 g/mol. The lowest BCUT2D eigenvalue weighted by Gasteiger charge is -2.40. The van der Waals surface area contributed by atoms with E-state index in [-0.39, 0.29) is 60.1 Å². The first kappa shape index (κ1) is 35.0. The number of carbonyl (C=O) groups is 1. The van der Waals surface area contributed by atoms with E-state index in [0.717, 1.165) is 32.2 Å². The topological polar surface area (TPSA) is 88.3 Å². The molecule has 3 saturated heterocycles. The number of pyridine rings is 1. The van der Waals surface area contributed by atoms with E-state index in [1.165, 1.54) is 12.3 Å². The highest BCUT2D eigenvalue weighted by Gasteiger charge is 2.50. The van der Waals surface area contributed by atoms with Crippen LogP contribution in [0.25, 0.3) is 37.8 Å². The van der Waals surface area contributed by atoms with Crippen LogP contribution in [0.5, 0.6) is 6.01 Å². The molecule has 4 aromatic rings. The van der Waals surface area contributed by atoms with E-state index < -0.39 is 36.0 Å². The number of hydrogen-bond donors (Lipinski definition) is 0. The Labute approximate surface area is 299 Å². The van der Waals surface area contributed by atoms with Gasteiger partial charge in [-0.2, -0.15) is 9.97 Å². The van der Waals surface area contributed by atoms with Gasteiger partial charge in [0.05, 0.1) is 15.9 Å². The highest BCUT2D eigenvalue weighted by Crippen LogP contribution is 2.43. The van der Waals surface area contributed by atoms with Crippen LogP contribution in [0.4, 0.5) is 23.8 Å². The van der Waals surface area contributed by atoms with Crippen LogP contribution in [0, 0.1) is 18.2 Å². The van der Waals surface area contributed by atoms with Crippen molar-refractivity contribution in [3.63, 3.8) is 0 Å². The molecule has 10 nitrogen and oxygen atoms in total. The standard InChI is InChI=1S/C37H39ClF3N7O3/c1-36(2,3)51-35(49)47-16-15-46(20-24(47)18-42-4)33-26-19-43-31(25-8-5-7-22-9-10-27(40)29(38)28(22)25)30(41)32(26)44-34(45-33)50-21-37-12-6-14-48(37)23(17-39)11-13-37/h5,7-10,19,23-24H,6,11-18,20-21H2,1-3H3/t23?,24-,37?/m0/s1. The van der Waals surface area contributed by atoms with Crippen molar-refractivity contribution in [1.82, 2.24) is 24.8 Å². The molecule has 0 N–H and O–H groups in total. The summed E-state index contributed by atoms with van der Waals surface area (Å²) in [5, 5.41) is 1.09. The minimum atomic E-state index is -0.766. The van der Waals surface area contributed by atoms with Crippen molar-refractivity contribution in [2.75, 3.05) is 50.9 Å². The molecule has 2 unspecified atom stereocenters. The van der Waals surface area contributed by atoms with E-state index in [1.54, 1.807) is 49.9 Å². The number of benzene rings is 2. The molecule has 0 spiro atoms. The molecule has 51 heavy (non-hydrogen) atoms. The van der Waals surface area contributed by atoms with Gasteiger partial charge in [0.2, 0.25) is 6.54 Å². The summed E-state index contributed by atoms with van der Waals surface area (Å²) in [6, 6.07) is 7.19. The number of piperazine rings is 1. The number of aromatic nitrogens is 3. The molecule has 0 aliphatic carbocycles. The van der Waals surface area contributed by atoms with Gasteiger partial charge in [0.1, 0.15) is 47.8 Å². The molecule has 268 valence electrons. The Morgan fingerprint density at radius 2 is 1.94 bits per heavy atom. The summed E-state index contributed by atoms with van der Waals surface area (Å²) in [6.45, 7) is 14.3. The number of hydrogen-bond acceptors (Lipinski definition) is 8. The zero-order valence-electron chi connectivity index (χ0n) is 28.8. The molecule has 0 saturated carbocycles. The summed E-state index contributed by atoms with van der Waals surface area (Å²) in [4.78, 5) is 36.2. The average Bonchev–Trinajstić information content (AvgIpc) is 3.67. The van der Waals surface area contributed by atoms with Crippen molar-refractivity contribution < 1.29 is 27.4 Å². The summed E-state index contributed by atoms with van der Waals surface area (Å²) in [5.41, 5.74) is -0.912. The van der Waals surface area contributed by atoms with Crippen molar-refractivity contribution in [3.8, 4) is 17.3 Å². The van der Waals surface area contributed by atoms with Crippen molar-refractivity contribution in [1.29, 1.82) is 0 Å². The molecule has 7 rings (SSSR count). The molecule has 3 aliphatic rings. The van der Waals surface area contributed by atoms with Crippen LogP contribution in [0.15, 0.2) is 36.5 Å². The summed E-state index contributed by atoms with van der Waals surface area (Å²) in [7, 11) is 0. The van der Waals surface area contributed by atoms with Crippen LogP contribution >= 0.6 is 11.6 Å². The second-order valence-corrected chi connectivity index (χ2v) is 14.9. The first-order valence-electron chi connectivity index (χ1n) is 17.2. The fraction of sp³-hybridized carbons (Fsp3) is 0.486. The third kappa shape index (κ3) is 6.48.